The summed E-state index contributed by atoms with van der Waals surface area (Å²) in [5.74, 6) is -5.61. The van der Waals surface area contributed by atoms with E-state index in [2.05, 4.69) is 26.1 Å². The average Bonchev–Trinajstić information content (AvgIpc) is 3.49. The number of fused-ring (bicyclic) bond motifs is 5. The smallest absolute Gasteiger partial charge is 0.320 e. The van der Waals surface area contributed by atoms with Crippen molar-refractivity contribution in [1.29, 1.82) is 0 Å². The Bertz CT molecular complexity index is 1470. The zero-order valence-electron chi connectivity index (χ0n) is 34.7. The summed E-state index contributed by atoms with van der Waals surface area (Å²) in [6, 6.07) is -1.43. The number of hydrogen-bond acceptors (Lipinski definition) is 11. The number of amides is 1. The van der Waals surface area contributed by atoms with Gasteiger partial charge in [0, 0.05) is 45.1 Å². The second-order valence-corrected chi connectivity index (χ2v) is 18.3. The lowest BCUT2D eigenvalue weighted by Crippen LogP contribution is -2.59. The quantitative estimate of drug-likeness (QED) is 0.0691. The maximum atomic E-state index is 13.5. The van der Waals surface area contributed by atoms with Crippen LogP contribution < -0.4 is 5.32 Å². The molecule has 4 fully saturated rings. The highest BCUT2D eigenvalue weighted by Crippen LogP contribution is 2.68. The Morgan fingerprint density at radius 2 is 1.22 bits per heavy atom. The van der Waals surface area contributed by atoms with E-state index in [1.54, 1.807) is 0 Å². The van der Waals surface area contributed by atoms with E-state index in [1.807, 2.05) is 0 Å². The highest BCUT2D eigenvalue weighted by Gasteiger charge is 2.63. The summed E-state index contributed by atoms with van der Waals surface area (Å²) in [6.45, 7) is 3.51. The number of aliphatic carboxylic acids is 6. The van der Waals surface area contributed by atoms with Crippen LogP contribution in [0.5, 0.6) is 0 Å². The first kappa shape index (κ1) is 47.8. The lowest BCUT2D eigenvalue weighted by molar-refractivity contribution is -0.170. The molecule has 334 valence electrons. The number of carboxylic acids is 6. The van der Waals surface area contributed by atoms with Crippen LogP contribution in [0.25, 0.3) is 0 Å². The summed E-state index contributed by atoms with van der Waals surface area (Å²) in [4.78, 5) is 86.6. The van der Waals surface area contributed by atoms with Crippen LogP contribution >= 0.6 is 0 Å². The van der Waals surface area contributed by atoms with Crippen LogP contribution in [-0.4, -0.2) is 163 Å². The van der Waals surface area contributed by atoms with Gasteiger partial charge in [0.05, 0.1) is 32.3 Å². The standard InChI is InChI=1S/C41H66N4O14/c1-24(4-11-34(48)49)28-7-8-29-27-6-5-25-18-26(12-13-40(25,2)30(27)19-32(46)41(28,29)3)42-33(47)10-9-31(39(58)59)45(16-14-43(20-35(50)51)21-36(52)53)17-15-44(22-37(54)55)23-38(56)57/h24-32,46H,4-23H2,1-3H3,(H,42,47)(H,48,49)(H,50,51)(H,52,53)(H,54,55)(H,56,57)(H,58,59)/t24?,25-,26+,27?,28-,29?,30?,31?,32+,40+,41-/m1/s1. The molecular formula is C41H66N4O14. The molecule has 0 radical (unpaired) electrons. The number of rotatable bonds is 24. The van der Waals surface area contributed by atoms with Gasteiger partial charge in [-0.2, -0.15) is 0 Å². The molecule has 0 aromatic heterocycles. The van der Waals surface area contributed by atoms with Gasteiger partial charge in [-0.05, 0) is 111 Å². The maximum Gasteiger partial charge on any atom is 0.320 e. The van der Waals surface area contributed by atoms with E-state index in [9.17, 15) is 69.3 Å². The van der Waals surface area contributed by atoms with Crippen molar-refractivity contribution in [3.63, 3.8) is 0 Å². The Labute approximate surface area is 345 Å². The molecule has 5 unspecified atom stereocenters. The van der Waals surface area contributed by atoms with Crippen molar-refractivity contribution in [3.05, 3.63) is 0 Å². The van der Waals surface area contributed by atoms with Crippen molar-refractivity contribution >= 4 is 41.7 Å². The topological polar surface area (TPSA) is 283 Å². The molecule has 8 N–H and O–H groups in total. The van der Waals surface area contributed by atoms with Gasteiger partial charge in [-0.3, -0.25) is 48.3 Å². The van der Waals surface area contributed by atoms with Crippen molar-refractivity contribution in [2.75, 3.05) is 52.4 Å². The van der Waals surface area contributed by atoms with Crippen LogP contribution in [0.15, 0.2) is 0 Å². The van der Waals surface area contributed by atoms with E-state index >= 15 is 0 Å². The monoisotopic (exact) mass is 838 g/mol. The van der Waals surface area contributed by atoms with E-state index in [4.69, 9.17) is 0 Å². The molecule has 18 nitrogen and oxygen atoms in total. The van der Waals surface area contributed by atoms with E-state index in [0.29, 0.717) is 36.5 Å². The molecule has 0 spiro atoms. The van der Waals surface area contributed by atoms with Crippen LogP contribution in [0.1, 0.15) is 97.8 Å². The van der Waals surface area contributed by atoms with E-state index in [-0.39, 0.29) is 80.1 Å². The van der Waals surface area contributed by atoms with Crippen molar-refractivity contribution in [1.82, 2.24) is 20.0 Å². The van der Waals surface area contributed by atoms with Crippen LogP contribution in [0.4, 0.5) is 0 Å². The SMILES string of the molecule is CC(CCC(=O)O)[C@H]1CCC2C3CC[C@@H]4C[C@@H](NC(=O)CCC(C(=O)O)N(CCN(CC(=O)O)CC(=O)O)CCN(CC(=O)O)CC(=O)O)CC[C@]4(C)C3C[C@H](O)[C@@]21C. The molecule has 0 aliphatic heterocycles. The van der Waals surface area contributed by atoms with E-state index in [1.165, 1.54) is 4.90 Å². The van der Waals surface area contributed by atoms with Crippen molar-refractivity contribution in [2.45, 2.75) is 116 Å². The fourth-order valence-corrected chi connectivity index (χ4v) is 12.1. The number of carbonyl (C=O) groups excluding carboxylic acids is 1. The molecule has 11 atom stereocenters. The van der Waals surface area contributed by atoms with Crippen LogP contribution in [0, 0.1) is 46.3 Å². The maximum absolute atomic E-state index is 13.5. The molecule has 4 saturated carbocycles. The lowest BCUT2D eigenvalue weighted by atomic mass is 9.43. The van der Waals surface area contributed by atoms with Crippen molar-refractivity contribution in [2.24, 2.45) is 46.3 Å². The normalized spacial score (nSPS) is 31.1. The second kappa shape index (κ2) is 20.6. The molecule has 0 aromatic carbocycles. The molecule has 4 aliphatic carbocycles. The predicted molar refractivity (Wildman–Crippen MR) is 210 cm³/mol. The fourth-order valence-electron chi connectivity index (χ4n) is 12.1. The van der Waals surface area contributed by atoms with Gasteiger partial charge in [0.15, 0.2) is 0 Å². The molecule has 1 amide bonds. The Balaban J connectivity index is 1.39. The van der Waals surface area contributed by atoms with E-state index in [0.717, 1.165) is 54.7 Å². The molecule has 4 rings (SSSR count). The molecule has 0 aromatic rings. The van der Waals surface area contributed by atoms with Crippen molar-refractivity contribution < 1.29 is 69.3 Å². The minimum Gasteiger partial charge on any atom is -0.481 e. The van der Waals surface area contributed by atoms with Gasteiger partial charge in [0.1, 0.15) is 6.04 Å². The highest BCUT2D eigenvalue weighted by atomic mass is 16.4. The van der Waals surface area contributed by atoms with E-state index < -0.39 is 74.1 Å². The molecule has 4 aliphatic rings. The predicted octanol–water partition coefficient (Wildman–Crippen LogP) is 2.08. The fraction of sp³-hybridized carbons (Fsp3) is 0.829. The van der Waals surface area contributed by atoms with Crippen molar-refractivity contribution in [3.8, 4) is 0 Å². The zero-order chi connectivity index (χ0) is 43.8. The number of hydrogen-bond donors (Lipinski definition) is 8. The van der Waals surface area contributed by atoms with Gasteiger partial charge in [0.2, 0.25) is 5.91 Å². The third-order valence-corrected chi connectivity index (χ3v) is 14.9. The molecule has 59 heavy (non-hydrogen) atoms. The summed E-state index contributed by atoms with van der Waals surface area (Å²) >= 11 is 0. The largest absolute Gasteiger partial charge is 0.481 e. The third kappa shape index (κ3) is 12.1. The number of nitrogens with one attached hydrogen (secondary N) is 1. The van der Waals surface area contributed by atoms with Crippen LogP contribution in [0.2, 0.25) is 0 Å². The lowest BCUT2D eigenvalue weighted by Gasteiger charge is -2.62. The number of carboxylic acid groups (broad SMARTS) is 6. The van der Waals surface area contributed by atoms with Crippen LogP contribution in [-0.2, 0) is 33.6 Å². The van der Waals surface area contributed by atoms with Crippen LogP contribution in [0.3, 0.4) is 0 Å². The Kier molecular flexibility index (Phi) is 16.7. The highest BCUT2D eigenvalue weighted by molar-refractivity contribution is 5.79. The minimum absolute atomic E-state index is 0.0152. The summed E-state index contributed by atoms with van der Waals surface area (Å²) in [5, 5.41) is 71.8. The Hall–Kier alpha value is -3.87. The van der Waals surface area contributed by atoms with Gasteiger partial charge in [0.25, 0.3) is 0 Å². The summed E-state index contributed by atoms with van der Waals surface area (Å²) in [5.41, 5.74) is -0.262. The first-order valence-electron chi connectivity index (χ1n) is 21.1. The average molecular weight is 839 g/mol. The summed E-state index contributed by atoms with van der Waals surface area (Å²) in [7, 11) is 0. The summed E-state index contributed by atoms with van der Waals surface area (Å²) in [6.07, 6.45) is 7.09. The third-order valence-electron chi connectivity index (χ3n) is 14.9. The second-order valence-electron chi connectivity index (χ2n) is 18.3. The molecule has 0 heterocycles. The Morgan fingerprint density at radius 1 is 0.661 bits per heavy atom. The molecular weight excluding hydrogens is 772 g/mol. The van der Waals surface area contributed by atoms with Gasteiger partial charge in [-0.25, -0.2) is 0 Å². The number of nitrogens with zero attached hydrogens (tertiary/aromatic N) is 3. The van der Waals surface area contributed by atoms with Gasteiger partial charge < -0.3 is 41.1 Å². The van der Waals surface area contributed by atoms with Gasteiger partial charge in [-0.15, -0.1) is 0 Å². The number of carbonyl (C=O) groups is 7. The zero-order valence-corrected chi connectivity index (χ0v) is 34.7. The van der Waals surface area contributed by atoms with Gasteiger partial charge in [-0.1, -0.05) is 20.8 Å². The van der Waals surface area contributed by atoms with Gasteiger partial charge >= 0.3 is 35.8 Å². The molecule has 0 bridgehead atoms. The minimum atomic E-state index is -1.31. The Morgan fingerprint density at radius 3 is 1.73 bits per heavy atom. The first-order chi connectivity index (χ1) is 27.6. The molecule has 18 heteroatoms. The summed E-state index contributed by atoms with van der Waals surface area (Å²) < 4.78 is 0. The number of aliphatic hydroxyl groups excluding tert-OH is 1. The first-order valence-corrected chi connectivity index (χ1v) is 21.1. The number of aliphatic hydroxyl groups is 1. The molecule has 0 saturated heterocycles.